The van der Waals surface area contributed by atoms with Crippen molar-refractivity contribution >= 4 is 28.5 Å². The molecule has 2 heterocycles. The summed E-state index contributed by atoms with van der Waals surface area (Å²) in [4.78, 5) is 21.7. The molecule has 1 aromatic rings. The second-order valence-corrected chi connectivity index (χ2v) is 7.87. The third kappa shape index (κ3) is 4.46. The van der Waals surface area contributed by atoms with Gasteiger partial charge in [0, 0.05) is 37.1 Å². The van der Waals surface area contributed by atoms with E-state index in [1.165, 1.54) is 5.17 Å². The van der Waals surface area contributed by atoms with E-state index in [1.807, 2.05) is 43.0 Å². The molecule has 3 rings (SSSR count). The molecule has 0 aliphatic carbocycles. The largest absolute Gasteiger partial charge is 0.497 e. The molecule has 1 aromatic carbocycles. The third-order valence-corrected chi connectivity index (χ3v) is 5.81. The zero-order valence-corrected chi connectivity index (χ0v) is 15.9. The summed E-state index contributed by atoms with van der Waals surface area (Å²) in [5.41, 5.74) is 0.794. The highest BCUT2D eigenvalue weighted by atomic mass is 32.2. The van der Waals surface area contributed by atoms with Crippen LogP contribution in [0.3, 0.4) is 0 Å². The van der Waals surface area contributed by atoms with Crippen LogP contribution in [0.1, 0.15) is 13.8 Å². The molecule has 1 amide bonds. The highest BCUT2D eigenvalue weighted by Gasteiger charge is 2.28. The number of nitrogens with one attached hydrogen (secondary N) is 1. The van der Waals surface area contributed by atoms with E-state index in [1.54, 1.807) is 7.11 Å². The summed E-state index contributed by atoms with van der Waals surface area (Å²) in [5, 5.41) is 4.74. The van der Waals surface area contributed by atoms with Gasteiger partial charge in [-0.1, -0.05) is 18.7 Å². The number of amidine groups is 1. The van der Waals surface area contributed by atoms with Crippen LogP contribution in [0.15, 0.2) is 29.3 Å². The molecule has 136 valence electrons. The van der Waals surface area contributed by atoms with Crippen LogP contribution in [-0.2, 0) is 4.79 Å². The number of hydrogen-bond donors (Lipinski definition) is 1. The fraction of sp³-hybridized carbons (Fsp3) is 0.556. The van der Waals surface area contributed by atoms with Crippen molar-refractivity contribution in [3.05, 3.63) is 24.3 Å². The minimum absolute atomic E-state index is 0.0276. The molecule has 2 aliphatic rings. The number of carbonyl (C=O) groups excluding carboxylic acids is 1. The van der Waals surface area contributed by atoms with Crippen molar-refractivity contribution in [3.63, 3.8) is 0 Å². The van der Waals surface area contributed by atoms with Crippen LogP contribution in [0.2, 0.25) is 0 Å². The van der Waals surface area contributed by atoms with Crippen molar-refractivity contribution in [2.24, 2.45) is 4.99 Å². The fourth-order valence-corrected chi connectivity index (χ4v) is 4.01. The number of hydrogen-bond acceptors (Lipinski definition) is 6. The summed E-state index contributed by atoms with van der Waals surface area (Å²) in [6.45, 7) is 8.72. The Bertz CT molecular complexity index is 626. The van der Waals surface area contributed by atoms with Crippen LogP contribution >= 0.6 is 11.8 Å². The van der Waals surface area contributed by atoms with Gasteiger partial charge in [0.15, 0.2) is 5.17 Å². The molecule has 0 aromatic heterocycles. The highest BCUT2D eigenvalue weighted by molar-refractivity contribution is 8.14. The van der Waals surface area contributed by atoms with Gasteiger partial charge in [0.05, 0.1) is 19.7 Å². The van der Waals surface area contributed by atoms with Crippen molar-refractivity contribution < 1.29 is 9.53 Å². The van der Waals surface area contributed by atoms with Gasteiger partial charge in [-0.25, -0.2) is 0 Å². The van der Waals surface area contributed by atoms with E-state index >= 15 is 0 Å². The molecule has 2 atom stereocenters. The first-order valence-corrected chi connectivity index (χ1v) is 9.60. The predicted molar refractivity (Wildman–Crippen MR) is 104 cm³/mol. The fourth-order valence-electron chi connectivity index (χ4n) is 3.02. The number of aliphatic imine (C=N–C) groups is 1. The quantitative estimate of drug-likeness (QED) is 0.889. The summed E-state index contributed by atoms with van der Waals surface area (Å²) in [5.74, 6) is 0.809. The van der Waals surface area contributed by atoms with E-state index in [2.05, 4.69) is 27.0 Å². The molecular formula is C18H26N4O2S. The number of methoxy groups -OCH3 is 1. The lowest BCUT2D eigenvalue weighted by Crippen LogP contribution is -2.53. The average Bonchev–Trinajstić information content (AvgIpc) is 3.08. The number of rotatable bonds is 4. The van der Waals surface area contributed by atoms with Crippen molar-refractivity contribution in [2.75, 3.05) is 45.2 Å². The minimum atomic E-state index is -0.152. The van der Waals surface area contributed by atoms with E-state index in [9.17, 15) is 4.79 Å². The summed E-state index contributed by atoms with van der Waals surface area (Å²) >= 11 is 1.86. The standard InChI is InChI=1S/C18H26N4O2S/c1-13-12-19-18(25-13)22-10-8-21(9-11-22)14(2)17(23)20-15-4-6-16(24-3)7-5-15/h4-7,13-14H,8-12H2,1-3H3,(H,20,23)/t13-,14-/m1/s1. The average molecular weight is 362 g/mol. The molecule has 1 N–H and O–H groups in total. The zero-order valence-electron chi connectivity index (χ0n) is 15.1. The number of anilines is 1. The molecule has 0 saturated carbocycles. The molecule has 0 radical (unpaired) electrons. The zero-order chi connectivity index (χ0) is 17.8. The molecular weight excluding hydrogens is 336 g/mol. The van der Waals surface area contributed by atoms with E-state index < -0.39 is 0 Å². The van der Waals surface area contributed by atoms with Gasteiger partial charge >= 0.3 is 0 Å². The summed E-state index contributed by atoms with van der Waals surface area (Å²) in [6.07, 6.45) is 0. The number of thioether (sulfide) groups is 1. The molecule has 2 aliphatic heterocycles. The number of carbonyl (C=O) groups is 1. The van der Waals surface area contributed by atoms with Gasteiger partial charge in [0.2, 0.25) is 5.91 Å². The molecule has 1 fully saturated rings. The van der Waals surface area contributed by atoms with Crippen molar-refractivity contribution in [3.8, 4) is 5.75 Å². The lowest BCUT2D eigenvalue weighted by atomic mass is 10.2. The molecule has 1 saturated heterocycles. The normalized spacial score (nSPS) is 22.4. The maximum Gasteiger partial charge on any atom is 0.241 e. The topological polar surface area (TPSA) is 57.2 Å². The lowest BCUT2D eigenvalue weighted by Gasteiger charge is -2.38. The van der Waals surface area contributed by atoms with Gasteiger partial charge in [0.25, 0.3) is 0 Å². The third-order valence-electron chi connectivity index (χ3n) is 4.66. The summed E-state index contributed by atoms with van der Waals surface area (Å²) in [6, 6.07) is 7.26. The number of piperazine rings is 1. The number of benzene rings is 1. The minimum Gasteiger partial charge on any atom is -0.497 e. The van der Waals surface area contributed by atoms with Gasteiger partial charge in [0.1, 0.15) is 5.75 Å². The maximum absolute atomic E-state index is 12.5. The van der Waals surface area contributed by atoms with E-state index in [0.717, 1.165) is 44.2 Å². The van der Waals surface area contributed by atoms with Crippen LogP contribution in [0.5, 0.6) is 5.75 Å². The first-order valence-electron chi connectivity index (χ1n) is 8.72. The first-order chi connectivity index (χ1) is 12.1. The molecule has 0 bridgehead atoms. The lowest BCUT2D eigenvalue weighted by molar-refractivity contribution is -0.121. The number of ether oxygens (including phenoxy) is 1. The second kappa shape index (κ2) is 8.10. The molecule has 7 heteroatoms. The summed E-state index contributed by atoms with van der Waals surface area (Å²) in [7, 11) is 1.63. The van der Waals surface area contributed by atoms with E-state index in [0.29, 0.717) is 5.25 Å². The summed E-state index contributed by atoms with van der Waals surface area (Å²) < 4.78 is 5.14. The monoisotopic (exact) mass is 362 g/mol. The molecule has 25 heavy (non-hydrogen) atoms. The Morgan fingerprint density at radius 1 is 1.28 bits per heavy atom. The Morgan fingerprint density at radius 2 is 1.96 bits per heavy atom. The predicted octanol–water partition coefficient (Wildman–Crippen LogP) is 2.13. The van der Waals surface area contributed by atoms with Gasteiger partial charge in [-0.2, -0.15) is 0 Å². The smallest absolute Gasteiger partial charge is 0.241 e. The second-order valence-electron chi connectivity index (χ2n) is 6.47. The van der Waals surface area contributed by atoms with E-state index in [-0.39, 0.29) is 11.9 Å². The molecule has 6 nitrogen and oxygen atoms in total. The van der Waals surface area contributed by atoms with Crippen LogP contribution in [0, 0.1) is 0 Å². The van der Waals surface area contributed by atoms with Gasteiger partial charge in [-0.15, -0.1) is 0 Å². The first kappa shape index (κ1) is 18.1. The van der Waals surface area contributed by atoms with Crippen LogP contribution in [0.4, 0.5) is 5.69 Å². The highest BCUT2D eigenvalue weighted by Crippen LogP contribution is 2.24. The number of nitrogens with zero attached hydrogens (tertiary/aromatic N) is 3. The van der Waals surface area contributed by atoms with Crippen molar-refractivity contribution in [1.82, 2.24) is 9.80 Å². The van der Waals surface area contributed by atoms with Crippen LogP contribution < -0.4 is 10.1 Å². The van der Waals surface area contributed by atoms with Gasteiger partial charge in [-0.05, 0) is 31.2 Å². The Kier molecular flexibility index (Phi) is 5.86. The van der Waals surface area contributed by atoms with Crippen LogP contribution in [-0.4, -0.2) is 72.0 Å². The molecule has 0 spiro atoms. The number of amides is 1. The van der Waals surface area contributed by atoms with Crippen LogP contribution in [0.25, 0.3) is 0 Å². The van der Waals surface area contributed by atoms with Gasteiger partial charge < -0.3 is 15.0 Å². The van der Waals surface area contributed by atoms with Crippen molar-refractivity contribution in [1.29, 1.82) is 0 Å². The Balaban J connectivity index is 1.49. The SMILES string of the molecule is COc1ccc(NC(=O)[C@@H](C)N2CCN(C3=NC[C@@H](C)S3)CC2)cc1. The van der Waals surface area contributed by atoms with E-state index in [4.69, 9.17) is 4.74 Å². The Morgan fingerprint density at radius 3 is 2.52 bits per heavy atom. The maximum atomic E-state index is 12.5. The van der Waals surface area contributed by atoms with Gasteiger partial charge in [-0.3, -0.25) is 14.7 Å². The Labute approximate surface area is 153 Å². The Hall–Kier alpha value is -1.73. The molecule has 0 unspecified atom stereocenters. The van der Waals surface area contributed by atoms with Crippen molar-refractivity contribution in [2.45, 2.75) is 25.1 Å².